The number of ketones is 1. The van der Waals surface area contributed by atoms with Crippen LogP contribution in [0.25, 0.3) is 0 Å². The number of likely N-dealkylation sites (tertiary alicyclic amines) is 1. The fraction of sp³-hybridized carbons (Fsp3) is 0.615. The van der Waals surface area contributed by atoms with Crippen LogP contribution in [0.1, 0.15) is 35.9 Å². The van der Waals surface area contributed by atoms with Crippen molar-refractivity contribution in [1.82, 2.24) is 4.90 Å². The zero-order valence-electron chi connectivity index (χ0n) is 10.1. The van der Waals surface area contributed by atoms with Crippen LogP contribution in [0.5, 0.6) is 0 Å². The molecule has 1 aromatic heterocycles. The van der Waals surface area contributed by atoms with Gasteiger partial charge in [-0.25, -0.2) is 0 Å². The van der Waals surface area contributed by atoms with E-state index >= 15 is 0 Å². The van der Waals surface area contributed by atoms with Crippen LogP contribution in [0.15, 0.2) is 15.9 Å². The van der Waals surface area contributed by atoms with E-state index in [1.807, 2.05) is 11.4 Å². The van der Waals surface area contributed by atoms with Gasteiger partial charge in [0.05, 0.1) is 11.4 Å². The molecule has 0 N–H and O–H groups in total. The van der Waals surface area contributed by atoms with Crippen LogP contribution in [0, 0.1) is 5.92 Å². The molecule has 1 aliphatic heterocycles. The van der Waals surface area contributed by atoms with E-state index in [0.717, 1.165) is 28.4 Å². The molecule has 0 bridgehead atoms. The first-order chi connectivity index (χ1) is 8.20. The second-order valence-corrected chi connectivity index (χ2v) is 6.42. The quantitative estimate of drug-likeness (QED) is 0.787. The Hall–Kier alpha value is -0.190. The Bertz CT molecular complexity index is 383. The molecule has 0 saturated carbocycles. The molecule has 1 fully saturated rings. The Balaban J connectivity index is 1.86. The molecule has 94 valence electrons. The van der Waals surface area contributed by atoms with Crippen molar-refractivity contribution < 1.29 is 4.79 Å². The lowest BCUT2D eigenvalue weighted by atomic mass is 9.94. The standard InChI is InChI=1S/C13H18BrNOS/c1-2-10-3-6-15(7-4-10)9-12(16)13-11(14)5-8-17-13/h5,8,10H,2-4,6-7,9H2,1H3. The molecule has 0 aromatic carbocycles. The monoisotopic (exact) mass is 315 g/mol. The largest absolute Gasteiger partial charge is 0.296 e. The first kappa shape index (κ1) is 13.2. The molecule has 2 rings (SSSR count). The number of nitrogens with zero attached hydrogens (tertiary/aromatic N) is 1. The Morgan fingerprint density at radius 1 is 1.53 bits per heavy atom. The molecule has 0 radical (unpaired) electrons. The van der Waals surface area contributed by atoms with Crippen molar-refractivity contribution in [3.63, 3.8) is 0 Å². The predicted octanol–water partition coefficient (Wildman–Crippen LogP) is 3.82. The first-order valence-corrected chi connectivity index (χ1v) is 7.86. The van der Waals surface area contributed by atoms with Crippen LogP contribution < -0.4 is 0 Å². The summed E-state index contributed by atoms with van der Waals surface area (Å²) in [7, 11) is 0. The van der Waals surface area contributed by atoms with E-state index in [1.165, 1.54) is 30.6 Å². The SMILES string of the molecule is CCC1CCN(CC(=O)c2sccc2Br)CC1. The molecule has 0 spiro atoms. The lowest BCUT2D eigenvalue weighted by Crippen LogP contribution is -2.37. The fourth-order valence-electron chi connectivity index (χ4n) is 2.32. The Morgan fingerprint density at radius 3 is 2.76 bits per heavy atom. The third-order valence-corrected chi connectivity index (χ3v) is 5.40. The average molecular weight is 316 g/mol. The second kappa shape index (κ2) is 6.12. The summed E-state index contributed by atoms with van der Waals surface area (Å²) < 4.78 is 0.941. The third kappa shape index (κ3) is 3.39. The topological polar surface area (TPSA) is 20.3 Å². The number of thiophene rings is 1. The highest BCUT2D eigenvalue weighted by Crippen LogP contribution is 2.24. The summed E-state index contributed by atoms with van der Waals surface area (Å²) in [4.78, 5) is 15.2. The Labute approximate surface area is 115 Å². The maximum atomic E-state index is 12.1. The van der Waals surface area contributed by atoms with E-state index < -0.39 is 0 Å². The number of halogens is 1. The van der Waals surface area contributed by atoms with E-state index in [1.54, 1.807) is 0 Å². The van der Waals surface area contributed by atoms with E-state index in [4.69, 9.17) is 0 Å². The van der Waals surface area contributed by atoms with Crippen LogP contribution in [0.2, 0.25) is 0 Å². The van der Waals surface area contributed by atoms with Crippen LogP contribution >= 0.6 is 27.3 Å². The smallest absolute Gasteiger partial charge is 0.187 e. The molecular formula is C13H18BrNOS. The molecule has 0 amide bonds. The first-order valence-electron chi connectivity index (χ1n) is 6.19. The molecule has 4 heteroatoms. The number of carbonyl (C=O) groups is 1. The van der Waals surface area contributed by atoms with Gasteiger partial charge in [0, 0.05) is 4.47 Å². The van der Waals surface area contributed by atoms with Gasteiger partial charge < -0.3 is 0 Å². The van der Waals surface area contributed by atoms with Crippen molar-refractivity contribution in [3.05, 3.63) is 20.8 Å². The molecule has 1 saturated heterocycles. The van der Waals surface area contributed by atoms with Gasteiger partial charge >= 0.3 is 0 Å². The van der Waals surface area contributed by atoms with Crippen LogP contribution in [-0.4, -0.2) is 30.3 Å². The number of hydrogen-bond acceptors (Lipinski definition) is 3. The zero-order valence-corrected chi connectivity index (χ0v) is 12.5. The summed E-state index contributed by atoms with van der Waals surface area (Å²) >= 11 is 4.95. The molecule has 1 aliphatic rings. The molecular weight excluding hydrogens is 298 g/mol. The van der Waals surface area contributed by atoms with Crippen LogP contribution in [0.4, 0.5) is 0 Å². The normalized spacial score (nSPS) is 18.5. The average Bonchev–Trinajstić information content (AvgIpc) is 2.76. The number of carbonyl (C=O) groups excluding carboxylic acids is 1. The molecule has 0 atom stereocenters. The Kier molecular flexibility index (Phi) is 4.77. The molecule has 2 heterocycles. The van der Waals surface area contributed by atoms with Crippen molar-refractivity contribution in [2.24, 2.45) is 5.92 Å². The third-order valence-electron chi connectivity index (χ3n) is 3.52. The maximum Gasteiger partial charge on any atom is 0.187 e. The van der Waals surface area contributed by atoms with Crippen molar-refractivity contribution in [2.75, 3.05) is 19.6 Å². The van der Waals surface area contributed by atoms with Crippen LogP contribution in [0.3, 0.4) is 0 Å². The minimum Gasteiger partial charge on any atom is -0.296 e. The van der Waals surface area contributed by atoms with Gasteiger partial charge in [0.15, 0.2) is 5.78 Å². The number of rotatable bonds is 4. The van der Waals surface area contributed by atoms with E-state index in [9.17, 15) is 4.79 Å². The minimum atomic E-state index is 0.252. The van der Waals surface area contributed by atoms with E-state index in [-0.39, 0.29) is 5.78 Å². The van der Waals surface area contributed by atoms with Crippen LogP contribution in [-0.2, 0) is 0 Å². The summed E-state index contributed by atoms with van der Waals surface area (Å²) in [5, 5.41) is 1.96. The number of hydrogen-bond donors (Lipinski definition) is 0. The van der Waals surface area contributed by atoms with Gasteiger partial charge in [-0.3, -0.25) is 9.69 Å². The number of piperidine rings is 1. The summed E-state index contributed by atoms with van der Waals surface area (Å²) in [6.45, 7) is 4.99. The predicted molar refractivity (Wildman–Crippen MR) is 75.8 cm³/mol. The summed E-state index contributed by atoms with van der Waals surface area (Å²) in [5.41, 5.74) is 0. The lowest BCUT2D eigenvalue weighted by Gasteiger charge is -2.30. The molecule has 1 aromatic rings. The highest BCUT2D eigenvalue weighted by molar-refractivity contribution is 9.10. The lowest BCUT2D eigenvalue weighted by molar-refractivity contribution is 0.0898. The highest BCUT2D eigenvalue weighted by Gasteiger charge is 2.21. The molecule has 0 unspecified atom stereocenters. The summed E-state index contributed by atoms with van der Waals surface area (Å²) in [5.74, 6) is 1.12. The van der Waals surface area contributed by atoms with Gasteiger partial charge in [-0.2, -0.15) is 0 Å². The molecule has 2 nitrogen and oxygen atoms in total. The van der Waals surface area contributed by atoms with Gasteiger partial charge in [0.1, 0.15) is 0 Å². The molecule has 0 aliphatic carbocycles. The van der Waals surface area contributed by atoms with E-state index in [0.29, 0.717) is 6.54 Å². The maximum absolute atomic E-state index is 12.1. The second-order valence-electron chi connectivity index (χ2n) is 4.65. The van der Waals surface area contributed by atoms with Crippen molar-refractivity contribution >= 4 is 33.0 Å². The van der Waals surface area contributed by atoms with Gasteiger partial charge in [-0.1, -0.05) is 13.3 Å². The minimum absolute atomic E-state index is 0.252. The fourth-order valence-corrected chi connectivity index (χ4v) is 3.85. The zero-order chi connectivity index (χ0) is 12.3. The van der Waals surface area contributed by atoms with Gasteiger partial charge in [0.2, 0.25) is 0 Å². The Morgan fingerprint density at radius 2 is 2.24 bits per heavy atom. The summed E-state index contributed by atoms with van der Waals surface area (Å²) in [6.07, 6.45) is 3.77. The highest BCUT2D eigenvalue weighted by atomic mass is 79.9. The van der Waals surface area contributed by atoms with Crippen molar-refractivity contribution in [3.8, 4) is 0 Å². The van der Waals surface area contributed by atoms with Crippen molar-refractivity contribution in [2.45, 2.75) is 26.2 Å². The van der Waals surface area contributed by atoms with Crippen molar-refractivity contribution in [1.29, 1.82) is 0 Å². The number of Topliss-reactive ketones (excluding diaryl/α,β-unsaturated/α-hetero) is 1. The summed E-state index contributed by atoms with van der Waals surface area (Å²) in [6, 6.07) is 1.95. The van der Waals surface area contributed by atoms with Gasteiger partial charge in [-0.15, -0.1) is 11.3 Å². The van der Waals surface area contributed by atoms with Gasteiger partial charge in [0.25, 0.3) is 0 Å². The van der Waals surface area contributed by atoms with Gasteiger partial charge in [-0.05, 0) is 59.2 Å². The van der Waals surface area contributed by atoms with E-state index in [2.05, 4.69) is 27.8 Å². The molecule has 17 heavy (non-hydrogen) atoms.